The minimum Gasteiger partial charge on any atom is -0.436 e. The van der Waals surface area contributed by atoms with Gasteiger partial charge in [0.2, 0.25) is 5.89 Å². The number of rotatable bonds is 2. The first-order valence-corrected chi connectivity index (χ1v) is 7.35. The number of fused-ring (bicyclic) bond motifs is 1. The molecule has 0 unspecified atom stereocenters. The van der Waals surface area contributed by atoms with Crippen LogP contribution in [0, 0.1) is 27.5 Å². The second-order valence-electron chi connectivity index (χ2n) is 4.85. The van der Waals surface area contributed by atoms with Crippen LogP contribution in [0.2, 0.25) is 0 Å². The number of oxazole rings is 1. The van der Waals surface area contributed by atoms with Crippen molar-refractivity contribution in [2.45, 2.75) is 13.8 Å². The van der Waals surface area contributed by atoms with Gasteiger partial charge in [0.1, 0.15) is 5.52 Å². The lowest BCUT2D eigenvalue weighted by atomic mass is 10.1. The predicted octanol–water partition coefficient (Wildman–Crippen LogP) is 4.62. The van der Waals surface area contributed by atoms with Gasteiger partial charge in [0, 0.05) is 26.8 Å². The van der Waals surface area contributed by atoms with E-state index >= 15 is 0 Å². The first-order valence-electron chi connectivity index (χ1n) is 6.28. The highest BCUT2D eigenvalue weighted by atomic mass is 127. The summed E-state index contributed by atoms with van der Waals surface area (Å²) in [7, 11) is 0. The molecule has 6 heteroatoms. The molecule has 0 amide bonds. The maximum absolute atomic E-state index is 10.9. The van der Waals surface area contributed by atoms with Crippen molar-refractivity contribution in [1.82, 2.24) is 4.98 Å². The number of nitro benzene ring substituents is 1. The quantitative estimate of drug-likeness (QED) is 0.361. The summed E-state index contributed by atoms with van der Waals surface area (Å²) in [6.07, 6.45) is 0. The molecular formula is C15H11IN2O3. The lowest BCUT2D eigenvalue weighted by Crippen LogP contribution is -1.88. The van der Waals surface area contributed by atoms with Gasteiger partial charge >= 0.3 is 0 Å². The molecule has 0 atom stereocenters. The number of nitro groups is 1. The minimum atomic E-state index is -0.421. The highest BCUT2D eigenvalue weighted by Crippen LogP contribution is 2.30. The predicted molar refractivity (Wildman–Crippen MR) is 88.3 cm³/mol. The molecule has 0 spiro atoms. The first kappa shape index (κ1) is 14.0. The van der Waals surface area contributed by atoms with E-state index in [2.05, 4.69) is 27.6 Å². The van der Waals surface area contributed by atoms with Crippen molar-refractivity contribution in [2.24, 2.45) is 0 Å². The molecule has 0 saturated carbocycles. The van der Waals surface area contributed by atoms with Crippen molar-refractivity contribution in [2.75, 3.05) is 0 Å². The summed E-state index contributed by atoms with van der Waals surface area (Å²) in [5, 5.41) is 10.9. The molecule has 2 aromatic carbocycles. The molecule has 1 aromatic heterocycles. The second-order valence-corrected chi connectivity index (χ2v) is 6.01. The molecule has 1 heterocycles. The van der Waals surface area contributed by atoms with E-state index in [-0.39, 0.29) is 5.69 Å². The normalized spacial score (nSPS) is 11.0. The highest BCUT2D eigenvalue weighted by molar-refractivity contribution is 14.1. The van der Waals surface area contributed by atoms with E-state index in [0.717, 1.165) is 11.1 Å². The molecule has 5 nitrogen and oxygen atoms in total. The molecule has 0 aliphatic heterocycles. The van der Waals surface area contributed by atoms with Gasteiger partial charge in [0.25, 0.3) is 5.69 Å². The molecule has 3 rings (SSSR count). The third kappa shape index (κ3) is 2.51. The zero-order valence-electron chi connectivity index (χ0n) is 11.4. The van der Waals surface area contributed by atoms with Crippen molar-refractivity contribution in [3.05, 3.63) is 55.1 Å². The molecule has 0 saturated heterocycles. The SMILES string of the molecule is Cc1cc(-c2nc3cc([N+](=O)[O-])cc(C)c3o2)ccc1I. The summed E-state index contributed by atoms with van der Waals surface area (Å²) in [6, 6.07) is 8.86. The van der Waals surface area contributed by atoms with E-state index in [4.69, 9.17) is 4.42 Å². The zero-order chi connectivity index (χ0) is 15.1. The summed E-state index contributed by atoms with van der Waals surface area (Å²) in [5.41, 5.74) is 3.84. The molecule has 3 aromatic rings. The van der Waals surface area contributed by atoms with Crippen LogP contribution < -0.4 is 0 Å². The van der Waals surface area contributed by atoms with Gasteiger partial charge in [-0.25, -0.2) is 4.98 Å². The molecular weight excluding hydrogens is 383 g/mol. The third-order valence-corrected chi connectivity index (χ3v) is 4.49. The molecule has 0 radical (unpaired) electrons. The van der Waals surface area contributed by atoms with Crippen LogP contribution in [0.15, 0.2) is 34.7 Å². The van der Waals surface area contributed by atoms with Gasteiger partial charge in [-0.15, -0.1) is 0 Å². The van der Waals surface area contributed by atoms with Crippen LogP contribution in [0.25, 0.3) is 22.6 Å². The van der Waals surface area contributed by atoms with Crippen molar-refractivity contribution < 1.29 is 9.34 Å². The monoisotopic (exact) mass is 394 g/mol. The number of aromatic nitrogens is 1. The van der Waals surface area contributed by atoms with Crippen molar-refractivity contribution >= 4 is 39.4 Å². The maximum Gasteiger partial charge on any atom is 0.272 e. The minimum absolute atomic E-state index is 0.0265. The van der Waals surface area contributed by atoms with Gasteiger partial charge in [0.15, 0.2) is 5.58 Å². The Labute approximate surface area is 134 Å². The fourth-order valence-corrected chi connectivity index (χ4v) is 2.52. The summed E-state index contributed by atoms with van der Waals surface area (Å²) >= 11 is 2.27. The zero-order valence-corrected chi connectivity index (χ0v) is 13.5. The second kappa shape index (κ2) is 5.10. The van der Waals surface area contributed by atoms with Crippen LogP contribution in [-0.2, 0) is 0 Å². The number of non-ortho nitro benzene ring substituents is 1. The molecule has 0 bridgehead atoms. The summed E-state index contributed by atoms with van der Waals surface area (Å²) in [5.74, 6) is 0.480. The van der Waals surface area contributed by atoms with E-state index in [0.29, 0.717) is 22.6 Å². The van der Waals surface area contributed by atoms with E-state index in [1.54, 1.807) is 6.92 Å². The molecule has 0 fully saturated rings. The lowest BCUT2D eigenvalue weighted by molar-refractivity contribution is -0.384. The van der Waals surface area contributed by atoms with Gasteiger partial charge in [-0.1, -0.05) is 0 Å². The Morgan fingerprint density at radius 3 is 2.62 bits per heavy atom. The van der Waals surface area contributed by atoms with Crippen LogP contribution >= 0.6 is 22.6 Å². The van der Waals surface area contributed by atoms with Crippen LogP contribution in [0.5, 0.6) is 0 Å². The fraction of sp³-hybridized carbons (Fsp3) is 0.133. The van der Waals surface area contributed by atoms with E-state index in [1.807, 2.05) is 25.1 Å². The Bertz CT molecular complexity index is 871. The van der Waals surface area contributed by atoms with Crippen LogP contribution in [-0.4, -0.2) is 9.91 Å². The third-order valence-electron chi connectivity index (χ3n) is 3.28. The van der Waals surface area contributed by atoms with Gasteiger partial charge < -0.3 is 4.42 Å². The Morgan fingerprint density at radius 2 is 1.95 bits per heavy atom. The maximum atomic E-state index is 10.9. The standard InChI is InChI=1S/C15H11IN2O3/c1-8-5-10(3-4-12(8)16)15-17-13-7-11(18(19)20)6-9(2)14(13)21-15/h3-7H,1-2H3. The Balaban J connectivity index is 2.18. The average molecular weight is 394 g/mol. The fourth-order valence-electron chi connectivity index (χ4n) is 2.19. The largest absolute Gasteiger partial charge is 0.436 e. The Kier molecular flexibility index (Phi) is 3.40. The average Bonchev–Trinajstić information content (AvgIpc) is 2.86. The number of halogens is 1. The van der Waals surface area contributed by atoms with Crippen molar-refractivity contribution in [1.29, 1.82) is 0 Å². The number of aryl methyl sites for hydroxylation is 2. The van der Waals surface area contributed by atoms with Gasteiger partial charge in [-0.3, -0.25) is 10.1 Å². The van der Waals surface area contributed by atoms with Crippen LogP contribution in [0.3, 0.4) is 0 Å². The summed E-state index contributed by atoms with van der Waals surface area (Å²) in [6.45, 7) is 3.80. The number of benzene rings is 2. The van der Waals surface area contributed by atoms with Crippen LogP contribution in [0.4, 0.5) is 5.69 Å². The number of hydrogen-bond acceptors (Lipinski definition) is 4. The van der Waals surface area contributed by atoms with Gasteiger partial charge in [0.05, 0.1) is 4.92 Å². The van der Waals surface area contributed by atoms with E-state index in [1.165, 1.54) is 15.7 Å². The first-order chi connectivity index (χ1) is 9.95. The van der Waals surface area contributed by atoms with Gasteiger partial charge in [-0.05, 0) is 60.2 Å². The van der Waals surface area contributed by atoms with E-state index < -0.39 is 4.92 Å². The molecule has 21 heavy (non-hydrogen) atoms. The Hall–Kier alpha value is -1.96. The molecule has 0 aliphatic rings. The summed E-state index contributed by atoms with van der Waals surface area (Å²) < 4.78 is 6.94. The Morgan fingerprint density at radius 1 is 1.19 bits per heavy atom. The van der Waals surface area contributed by atoms with Crippen LogP contribution in [0.1, 0.15) is 11.1 Å². The van der Waals surface area contributed by atoms with E-state index in [9.17, 15) is 10.1 Å². The topological polar surface area (TPSA) is 69.2 Å². The van der Waals surface area contributed by atoms with Gasteiger partial charge in [-0.2, -0.15) is 0 Å². The molecule has 106 valence electrons. The van der Waals surface area contributed by atoms with Crippen molar-refractivity contribution in [3.8, 4) is 11.5 Å². The smallest absolute Gasteiger partial charge is 0.272 e. The molecule has 0 N–H and O–H groups in total. The molecule has 0 aliphatic carbocycles. The number of hydrogen-bond donors (Lipinski definition) is 0. The highest BCUT2D eigenvalue weighted by Gasteiger charge is 2.16. The lowest BCUT2D eigenvalue weighted by Gasteiger charge is -2.00. The number of nitrogens with zero attached hydrogens (tertiary/aromatic N) is 2. The van der Waals surface area contributed by atoms with Crippen molar-refractivity contribution in [3.63, 3.8) is 0 Å². The summed E-state index contributed by atoms with van der Waals surface area (Å²) in [4.78, 5) is 14.9.